The van der Waals surface area contributed by atoms with Gasteiger partial charge in [0.2, 0.25) is 17.7 Å². The van der Waals surface area contributed by atoms with Crippen molar-refractivity contribution in [3.8, 4) is 5.75 Å². The number of phenols is 1. The summed E-state index contributed by atoms with van der Waals surface area (Å²) in [5.41, 5.74) is 1.25. The van der Waals surface area contributed by atoms with E-state index in [1.54, 1.807) is 12.1 Å². The lowest BCUT2D eigenvalue weighted by Crippen LogP contribution is -2.57. The molecule has 0 radical (unpaired) electrons. The number of nitrogens with one attached hydrogen (secondary N) is 5. The summed E-state index contributed by atoms with van der Waals surface area (Å²) in [5, 5.41) is 29.1. The predicted octanol–water partition coefficient (Wildman–Crippen LogP) is -1.18. The number of hydrogen-bond acceptors (Lipinski definition) is 7. The molecule has 182 valence electrons. The summed E-state index contributed by atoms with van der Waals surface area (Å²) < 4.78 is 0. The van der Waals surface area contributed by atoms with Crippen molar-refractivity contribution in [3.63, 3.8) is 0 Å². The first-order chi connectivity index (χ1) is 16.3. The number of carboxylic acids is 1. The van der Waals surface area contributed by atoms with Gasteiger partial charge in [0.05, 0.1) is 12.4 Å². The number of aromatic amines is 1. The molecule has 12 nitrogen and oxygen atoms in total. The molecule has 7 N–H and O–H groups in total. The highest BCUT2D eigenvalue weighted by molar-refractivity contribution is 5.94. The Labute approximate surface area is 195 Å². The van der Waals surface area contributed by atoms with Crippen LogP contribution in [-0.2, 0) is 32.0 Å². The Morgan fingerprint density at radius 3 is 2.41 bits per heavy atom. The average Bonchev–Trinajstić information content (AvgIpc) is 3.52. The van der Waals surface area contributed by atoms with Crippen LogP contribution in [0.3, 0.4) is 0 Å². The molecule has 2 aromatic rings. The number of imidazole rings is 1. The Morgan fingerprint density at radius 1 is 1.06 bits per heavy atom. The van der Waals surface area contributed by atoms with Gasteiger partial charge in [-0.2, -0.15) is 0 Å². The molecule has 2 heterocycles. The van der Waals surface area contributed by atoms with Crippen LogP contribution in [0.25, 0.3) is 0 Å². The Hall–Kier alpha value is -3.93. The number of carboxylic acid groups (broad SMARTS) is 1. The van der Waals surface area contributed by atoms with Crippen molar-refractivity contribution in [2.75, 3.05) is 13.1 Å². The van der Waals surface area contributed by atoms with Crippen molar-refractivity contribution >= 4 is 23.7 Å². The van der Waals surface area contributed by atoms with E-state index in [2.05, 4.69) is 31.2 Å². The second-order valence-electron chi connectivity index (χ2n) is 8.03. The smallest absolute Gasteiger partial charge is 0.322 e. The summed E-state index contributed by atoms with van der Waals surface area (Å²) in [4.78, 5) is 56.1. The van der Waals surface area contributed by atoms with Crippen molar-refractivity contribution in [1.29, 1.82) is 0 Å². The molecule has 3 rings (SSSR count). The summed E-state index contributed by atoms with van der Waals surface area (Å²) in [7, 11) is 0. The van der Waals surface area contributed by atoms with Crippen LogP contribution < -0.4 is 21.3 Å². The number of H-pyrrole nitrogens is 1. The van der Waals surface area contributed by atoms with Gasteiger partial charge in [0.1, 0.15) is 24.4 Å². The number of nitrogens with zero attached hydrogens (tertiary/aromatic N) is 1. The molecule has 1 aliphatic rings. The largest absolute Gasteiger partial charge is 0.508 e. The summed E-state index contributed by atoms with van der Waals surface area (Å²) >= 11 is 0. The highest BCUT2D eigenvalue weighted by atomic mass is 16.4. The molecule has 34 heavy (non-hydrogen) atoms. The Morgan fingerprint density at radius 2 is 1.79 bits per heavy atom. The summed E-state index contributed by atoms with van der Waals surface area (Å²) in [6.07, 6.45) is 4.58. The maximum absolute atomic E-state index is 13.2. The fraction of sp³-hybridized carbons (Fsp3) is 0.409. The molecule has 1 aliphatic heterocycles. The molecule has 3 atom stereocenters. The van der Waals surface area contributed by atoms with Crippen LogP contribution in [0, 0.1) is 0 Å². The predicted molar refractivity (Wildman–Crippen MR) is 120 cm³/mol. The highest BCUT2D eigenvalue weighted by Crippen LogP contribution is 2.13. The standard InChI is InChI=1S/C22H28N6O6/c29-15-5-3-13(4-6-15)8-17(27-21(33)16-2-1-7-24-16)22(34)28-18(9-14-10-23-12-26-14)20(32)25-11-19(30)31/h3-6,10,12,16-18,24,29H,1-2,7-9,11H2,(H,23,26)(H,25,32)(H,27,33)(H,28,34)(H,30,31). The van der Waals surface area contributed by atoms with Gasteiger partial charge >= 0.3 is 5.97 Å². The first kappa shape index (κ1) is 24.7. The van der Waals surface area contributed by atoms with Crippen molar-refractivity contribution in [2.24, 2.45) is 0 Å². The minimum atomic E-state index is -1.22. The van der Waals surface area contributed by atoms with E-state index < -0.39 is 42.5 Å². The maximum atomic E-state index is 13.2. The van der Waals surface area contributed by atoms with E-state index in [9.17, 15) is 24.3 Å². The minimum absolute atomic E-state index is 0.0429. The van der Waals surface area contributed by atoms with E-state index in [0.717, 1.165) is 6.42 Å². The molecule has 12 heteroatoms. The highest BCUT2D eigenvalue weighted by Gasteiger charge is 2.30. The lowest BCUT2D eigenvalue weighted by atomic mass is 10.0. The van der Waals surface area contributed by atoms with Crippen LogP contribution in [-0.4, -0.2) is 75.1 Å². The van der Waals surface area contributed by atoms with Crippen molar-refractivity contribution in [3.05, 3.63) is 48.0 Å². The summed E-state index contributed by atoms with van der Waals surface area (Å²) in [6, 6.07) is 3.71. The molecule has 1 saturated heterocycles. The van der Waals surface area contributed by atoms with E-state index in [4.69, 9.17) is 5.11 Å². The van der Waals surface area contributed by atoms with Gasteiger partial charge in [0.25, 0.3) is 0 Å². The number of carbonyl (C=O) groups excluding carboxylic acids is 3. The van der Waals surface area contributed by atoms with Crippen LogP contribution >= 0.6 is 0 Å². The maximum Gasteiger partial charge on any atom is 0.322 e. The number of rotatable bonds is 11. The van der Waals surface area contributed by atoms with Crippen LogP contribution in [0.2, 0.25) is 0 Å². The molecule has 1 aromatic heterocycles. The van der Waals surface area contributed by atoms with Crippen molar-refractivity contribution in [2.45, 2.75) is 43.8 Å². The molecule has 0 spiro atoms. The number of phenolic OH excluding ortho intramolecular Hbond substituents is 1. The zero-order valence-corrected chi connectivity index (χ0v) is 18.4. The molecule has 0 bridgehead atoms. The van der Waals surface area contributed by atoms with E-state index in [0.29, 0.717) is 24.2 Å². The van der Waals surface area contributed by atoms with E-state index >= 15 is 0 Å². The quantitative estimate of drug-likeness (QED) is 0.213. The van der Waals surface area contributed by atoms with Gasteiger partial charge in [-0.25, -0.2) is 4.98 Å². The molecule has 3 unspecified atom stereocenters. The van der Waals surface area contributed by atoms with Crippen LogP contribution in [0.1, 0.15) is 24.1 Å². The summed E-state index contributed by atoms with van der Waals surface area (Å²) in [5.74, 6) is -2.76. The first-order valence-corrected chi connectivity index (χ1v) is 10.9. The topological polar surface area (TPSA) is 186 Å². The Bertz CT molecular complexity index is 988. The van der Waals surface area contributed by atoms with Crippen LogP contribution in [0.15, 0.2) is 36.8 Å². The first-order valence-electron chi connectivity index (χ1n) is 10.9. The molecular formula is C22H28N6O6. The molecule has 0 saturated carbocycles. The van der Waals surface area contributed by atoms with Gasteiger partial charge in [0.15, 0.2) is 0 Å². The second-order valence-corrected chi connectivity index (χ2v) is 8.03. The van der Waals surface area contributed by atoms with Gasteiger partial charge in [-0.05, 0) is 37.1 Å². The Kier molecular flexibility index (Phi) is 8.57. The van der Waals surface area contributed by atoms with Crippen molar-refractivity contribution < 1.29 is 29.4 Å². The number of hydrogen-bond donors (Lipinski definition) is 7. The second kappa shape index (κ2) is 11.8. The van der Waals surface area contributed by atoms with Gasteiger partial charge in [-0.1, -0.05) is 12.1 Å². The zero-order valence-electron chi connectivity index (χ0n) is 18.4. The number of carbonyl (C=O) groups is 4. The zero-order chi connectivity index (χ0) is 24.5. The van der Waals surface area contributed by atoms with Gasteiger partial charge in [-0.3, -0.25) is 19.2 Å². The summed E-state index contributed by atoms with van der Waals surface area (Å²) in [6.45, 7) is 0.109. The number of aromatic nitrogens is 2. The van der Waals surface area contributed by atoms with Crippen molar-refractivity contribution in [1.82, 2.24) is 31.2 Å². The molecular weight excluding hydrogens is 444 g/mol. The van der Waals surface area contributed by atoms with E-state index in [-0.39, 0.29) is 24.5 Å². The van der Waals surface area contributed by atoms with Gasteiger partial charge < -0.3 is 36.5 Å². The number of aliphatic carboxylic acids is 1. The normalized spacial score (nSPS) is 16.9. The van der Waals surface area contributed by atoms with Gasteiger partial charge in [0, 0.05) is 24.7 Å². The minimum Gasteiger partial charge on any atom is -0.508 e. The molecule has 0 aliphatic carbocycles. The third-order valence-corrected chi connectivity index (χ3v) is 5.41. The fourth-order valence-electron chi connectivity index (χ4n) is 3.64. The molecule has 1 fully saturated rings. The number of benzene rings is 1. The fourth-order valence-corrected chi connectivity index (χ4v) is 3.64. The Balaban J connectivity index is 1.75. The van der Waals surface area contributed by atoms with Crippen LogP contribution in [0.4, 0.5) is 0 Å². The number of aromatic hydroxyl groups is 1. The van der Waals surface area contributed by atoms with Gasteiger partial charge in [-0.15, -0.1) is 0 Å². The molecule has 1 aromatic carbocycles. The SMILES string of the molecule is O=C(O)CNC(=O)C(Cc1cnc[nH]1)NC(=O)C(Cc1ccc(O)cc1)NC(=O)C1CCCN1. The third-order valence-electron chi connectivity index (χ3n) is 5.41. The molecule has 3 amide bonds. The monoisotopic (exact) mass is 472 g/mol. The van der Waals surface area contributed by atoms with E-state index in [1.807, 2.05) is 0 Å². The number of amides is 3. The lowest BCUT2D eigenvalue weighted by Gasteiger charge is -2.24. The van der Waals surface area contributed by atoms with Crippen LogP contribution in [0.5, 0.6) is 5.75 Å². The van der Waals surface area contributed by atoms with E-state index in [1.165, 1.54) is 24.7 Å². The third kappa shape index (κ3) is 7.30. The lowest BCUT2D eigenvalue weighted by molar-refractivity contribution is -0.138. The average molecular weight is 473 g/mol.